The van der Waals surface area contributed by atoms with Gasteiger partial charge in [-0.3, -0.25) is 9.59 Å². The second-order valence-corrected chi connectivity index (χ2v) is 7.63. The van der Waals surface area contributed by atoms with Crippen LogP contribution in [0.5, 0.6) is 0 Å². The van der Waals surface area contributed by atoms with E-state index in [2.05, 4.69) is 5.32 Å². The molecule has 0 unspecified atom stereocenters. The van der Waals surface area contributed by atoms with Gasteiger partial charge >= 0.3 is 0 Å². The zero-order chi connectivity index (χ0) is 23.1. The molecule has 0 aliphatic heterocycles. The number of nitrogens with zero attached hydrogens (tertiary/aromatic N) is 1. The molecule has 32 heavy (non-hydrogen) atoms. The molecule has 3 aromatic carbocycles. The smallest absolute Gasteiger partial charge is 0.255 e. The number of rotatable bonds is 8. The van der Waals surface area contributed by atoms with Gasteiger partial charge in [-0.25, -0.2) is 8.78 Å². The topological polar surface area (TPSA) is 75.4 Å². The van der Waals surface area contributed by atoms with Gasteiger partial charge in [0, 0.05) is 41.0 Å². The monoisotopic (exact) mass is 457 g/mol. The lowest BCUT2D eigenvalue weighted by Gasteiger charge is -2.23. The Bertz CT molecular complexity index is 1100. The Morgan fingerprint density at radius 3 is 2.34 bits per heavy atom. The number of hydrogen-bond acceptors (Lipinski definition) is 3. The summed E-state index contributed by atoms with van der Waals surface area (Å²) in [6, 6.07) is 16.3. The molecule has 0 spiro atoms. The third-order valence-corrected chi connectivity index (χ3v) is 4.91. The van der Waals surface area contributed by atoms with E-state index in [0.29, 0.717) is 41.9 Å². The summed E-state index contributed by atoms with van der Waals surface area (Å²) in [5.74, 6) is -2.48. The molecule has 166 valence electrons. The van der Waals surface area contributed by atoms with E-state index in [1.54, 1.807) is 48.5 Å². The highest BCUT2D eigenvalue weighted by atomic mass is 35.5. The van der Waals surface area contributed by atoms with E-state index in [1.165, 1.54) is 4.90 Å². The fourth-order valence-corrected chi connectivity index (χ4v) is 3.39. The molecule has 0 bridgehead atoms. The number of carbonyl (C=O) groups excluding carboxylic acids is 2. The number of amides is 2. The highest BCUT2D eigenvalue weighted by Gasteiger charge is 2.18. The number of benzene rings is 3. The molecule has 2 amide bonds. The zero-order valence-electron chi connectivity index (χ0n) is 17.2. The molecule has 0 aliphatic rings. The first-order valence-corrected chi connectivity index (χ1v) is 10.3. The first-order chi connectivity index (χ1) is 15.4. The Labute approximate surface area is 189 Å². The Kier molecular flexibility index (Phi) is 7.92. The van der Waals surface area contributed by atoms with E-state index in [-0.39, 0.29) is 18.0 Å². The van der Waals surface area contributed by atoms with Crippen molar-refractivity contribution in [2.75, 3.05) is 18.4 Å². The molecule has 0 fully saturated rings. The first kappa shape index (κ1) is 23.4. The lowest BCUT2D eigenvalue weighted by molar-refractivity contribution is 0.0741. The minimum absolute atomic E-state index is 0.0788. The Morgan fingerprint density at radius 1 is 0.938 bits per heavy atom. The fourth-order valence-electron chi connectivity index (χ4n) is 3.20. The van der Waals surface area contributed by atoms with Crippen molar-refractivity contribution in [1.82, 2.24) is 4.90 Å². The van der Waals surface area contributed by atoms with Crippen LogP contribution >= 0.6 is 11.6 Å². The highest BCUT2D eigenvalue weighted by Crippen LogP contribution is 2.18. The fraction of sp³-hybridized carbons (Fsp3) is 0.167. The highest BCUT2D eigenvalue weighted by molar-refractivity contribution is 6.31. The summed E-state index contributed by atoms with van der Waals surface area (Å²) in [7, 11) is 0. The largest absolute Gasteiger partial charge is 0.334 e. The van der Waals surface area contributed by atoms with Crippen LogP contribution in [0.4, 0.5) is 14.5 Å². The van der Waals surface area contributed by atoms with Gasteiger partial charge in [0.1, 0.15) is 11.6 Å². The average molecular weight is 458 g/mol. The van der Waals surface area contributed by atoms with Crippen molar-refractivity contribution in [3.8, 4) is 0 Å². The minimum atomic E-state index is -0.821. The Balaban J connectivity index is 1.78. The molecule has 0 saturated carbocycles. The van der Waals surface area contributed by atoms with Gasteiger partial charge in [0.05, 0.1) is 0 Å². The maximum Gasteiger partial charge on any atom is 0.255 e. The van der Waals surface area contributed by atoms with Crippen molar-refractivity contribution in [3.05, 3.63) is 100 Å². The molecule has 0 saturated heterocycles. The third kappa shape index (κ3) is 6.35. The van der Waals surface area contributed by atoms with Gasteiger partial charge in [-0.1, -0.05) is 29.8 Å². The SMILES string of the molecule is NCCCN(Cc1cccc(NC(=O)c2cccc(Cl)c2)c1)C(=O)c1cc(F)cc(F)c1. The van der Waals surface area contributed by atoms with Gasteiger partial charge in [-0.15, -0.1) is 0 Å². The van der Waals surface area contributed by atoms with Gasteiger partial charge in [0.15, 0.2) is 0 Å². The molecule has 0 aliphatic carbocycles. The molecule has 0 heterocycles. The van der Waals surface area contributed by atoms with Crippen LogP contribution < -0.4 is 11.1 Å². The van der Waals surface area contributed by atoms with E-state index in [1.807, 2.05) is 0 Å². The Hall–Kier alpha value is -3.29. The Morgan fingerprint density at radius 2 is 1.66 bits per heavy atom. The summed E-state index contributed by atoms with van der Waals surface area (Å²) in [5, 5.41) is 3.25. The first-order valence-electron chi connectivity index (χ1n) is 9.97. The molecule has 0 aromatic heterocycles. The summed E-state index contributed by atoms with van der Waals surface area (Å²) in [5.41, 5.74) is 7.19. The normalized spacial score (nSPS) is 10.6. The molecule has 3 N–H and O–H groups in total. The van der Waals surface area contributed by atoms with Crippen LogP contribution in [-0.4, -0.2) is 29.8 Å². The van der Waals surface area contributed by atoms with Crippen molar-refractivity contribution in [3.63, 3.8) is 0 Å². The predicted octanol–water partition coefficient (Wildman–Crippen LogP) is 4.86. The summed E-state index contributed by atoms with van der Waals surface area (Å²) in [6.07, 6.45) is 0.523. The molecule has 8 heteroatoms. The molecular formula is C24H22ClF2N3O2. The van der Waals surface area contributed by atoms with Crippen LogP contribution in [0.3, 0.4) is 0 Å². The van der Waals surface area contributed by atoms with Crippen LogP contribution in [0, 0.1) is 11.6 Å². The van der Waals surface area contributed by atoms with E-state index in [4.69, 9.17) is 17.3 Å². The summed E-state index contributed by atoms with van der Waals surface area (Å²) < 4.78 is 27.2. The summed E-state index contributed by atoms with van der Waals surface area (Å²) >= 11 is 5.94. The quantitative estimate of drug-likeness (QED) is 0.507. The van der Waals surface area contributed by atoms with Crippen molar-refractivity contribution in [2.24, 2.45) is 5.73 Å². The maximum absolute atomic E-state index is 13.6. The van der Waals surface area contributed by atoms with Crippen LogP contribution in [0.25, 0.3) is 0 Å². The van der Waals surface area contributed by atoms with Crippen LogP contribution in [-0.2, 0) is 6.54 Å². The lowest BCUT2D eigenvalue weighted by Crippen LogP contribution is -2.32. The van der Waals surface area contributed by atoms with Gasteiger partial charge in [0.2, 0.25) is 0 Å². The van der Waals surface area contributed by atoms with Gasteiger partial charge in [-0.2, -0.15) is 0 Å². The number of halogens is 3. The van der Waals surface area contributed by atoms with E-state index >= 15 is 0 Å². The van der Waals surface area contributed by atoms with E-state index in [9.17, 15) is 18.4 Å². The van der Waals surface area contributed by atoms with Crippen molar-refractivity contribution in [1.29, 1.82) is 0 Å². The molecule has 5 nitrogen and oxygen atoms in total. The van der Waals surface area contributed by atoms with Gasteiger partial charge in [-0.05, 0) is 61.0 Å². The van der Waals surface area contributed by atoms with Crippen molar-refractivity contribution >= 4 is 29.1 Å². The van der Waals surface area contributed by atoms with Crippen LogP contribution in [0.1, 0.15) is 32.7 Å². The average Bonchev–Trinajstić information content (AvgIpc) is 2.75. The molecule has 0 radical (unpaired) electrons. The number of anilines is 1. The molecule has 0 atom stereocenters. The van der Waals surface area contributed by atoms with Crippen molar-refractivity contribution < 1.29 is 18.4 Å². The maximum atomic E-state index is 13.6. The standard InChI is InChI=1S/C24H22ClF2N3O2/c25-19-6-2-5-17(11-19)23(31)29-22-7-1-4-16(10-22)15-30(9-3-8-28)24(32)18-12-20(26)14-21(27)13-18/h1-2,4-7,10-14H,3,8-9,15,28H2,(H,29,31). The molecular weight excluding hydrogens is 436 g/mol. The molecule has 3 rings (SSSR count). The number of nitrogens with one attached hydrogen (secondary N) is 1. The van der Waals surface area contributed by atoms with E-state index in [0.717, 1.165) is 17.7 Å². The number of nitrogens with two attached hydrogens (primary N) is 1. The van der Waals surface area contributed by atoms with Crippen LogP contribution in [0.15, 0.2) is 66.7 Å². The zero-order valence-corrected chi connectivity index (χ0v) is 17.9. The van der Waals surface area contributed by atoms with Gasteiger partial charge in [0.25, 0.3) is 11.8 Å². The second-order valence-electron chi connectivity index (χ2n) is 7.19. The number of carbonyl (C=O) groups is 2. The molecule has 3 aromatic rings. The number of hydrogen-bond donors (Lipinski definition) is 2. The lowest BCUT2D eigenvalue weighted by atomic mass is 10.1. The summed E-state index contributed by atoms with van der Waals surface area (Å²) in [6.45, 7) is 0.849. The predicted molar refractivity (Wildman–Crippen MR) is 121 cm³/mol. The summed E-state index contributed by atoms with van der Waals surface area (Å²) in [4.78, 5) is 26.9. The van der Waals surface area contributed by atoms with Gasteiger partial charge < -0.3 is 16.0 Å². The van der Waals surface area contributed by atoms with E-state index < -0.39 is 17.5 Å². The van der Waals surface area contributed by atoms with Crippen LogP contribution in [0.2, 0.25) is 5.02 Å². The third-order valence-electron chi connectivity index (χ3n) is 4.67. The van der Waals surface area contributed by atoms with Crippen molar-refractivity contribution in [2.45, 2.75) is 13.0 Å². The second kappa shape index (κ2) is 10.8. The minimum Gasteiger partial charge on any atom is -0.334 e.